The number of nitro groups is 1. The lowest BCUT2D eigenvalue weighted by molar-refractivity contribution is -0.385. The van der Waals surface area contributed by atoms with E-state index < -0.39 is 4.92 Å². The van der Waals surface area contributed by atoms with Gasteiger partial charge < -0.3 is 19.5 Å². The summed E-state index contributed by atoms with van der Waals surface area (Å²) in [6.45, 7) is 4.32. The third kappa shape index (κ3) is 4.80. The maximum Gasteiger partial charge on any atom is 0.373 e. The second-order valence-corrected chi connectivity index (χ2v) is 5.77. The molecule has 2 aromatic rings. The molecule has 1 saturated heterocycles. The van der Waals surface area contributed by atoms with E-state index in [-0.39, 0.29) is 17.4 Å². The van der Waals surface area contributed by atoms with Gasteiger partial charge in [0.25, 0.3) is 0 Å². The zero-order valence-electron chi connectivity index (χ0n) is 15.0. The number of morpholine rings is 1. The van der Waals surface area contributed by atoms with E-state index in [0.29, 0.717) is 31.3 Å². The summed E-state index contributed by atoms with van der Waals surface area (Å²) in [5.74, 6) is 0.759. The Balaban J connectivity index is 1.75. The first-order chi connectivity index (χ1) is 13.2. The first-order valence-electron chi connectivity index (χ1n) is 8.53. The van der Waals surface area contributed by atoms with Gasteiger partial charge in [-0.15, -0.1) is 0 Å². The van der Waals surface area contributed by atoms with E-state index in [9.17, 15) is 10.1 Å². The SMILES string of the molecule is COc1ccccc1Oc1ncnc(NCCN2CCOCC2)c1[N+](=O)[O-]. The van der Waals surface area contributed by atoms with Gasteiger partial charge in [0.05, 0.1) is 25.2 Å². The van der Waals surface area contributed by atoms with Gasteiger partial charge >= 0.3 is 11.6 Å². The van der Waals surface area contributed by atoms with Gasteiger partial charge in [-0.3, -0.25) is 15.0 Å². The summed E-state index contributed by atoms with van der Waals surface area (Å²) in [5.41, 5.74) is -0.314. The van der Waals surface area contributed by atoms with Crippen LogP contribution >= 0.6 is 0 Å². The molecule has 27 heavy (non-hydrogen) atoms. The molecule has 1 N–H and O–H groups in total. The molecule has 0 aliphatic carbocycles. The summed E-state index contributed by atoms with van der Waals surface area (Å²) in [5, 5.41) is 14.6. The Hall–Kier alpha value is -2.98. The van der Waals surface area contributed by atoms with Crippen molar-refractivity contribution in [2.75, 3.05) is 51.8 Å². The Kier molecular flexibility index (Phi) is 6.34. The molecule has 2 heterocycles. The van der Waals surface area contributed by atoms with E-state index >= 15 is 0 Å². The normalized spacial score (nSPS) is 14.6. The zero-order valence-corrected chi connectivity index (χ0v) is 15.0. The number of para-hydroxylation sites is 2. The van der Waals surface area contributed by atoms with E-state index in [0.717, 1.165) is 19.6 Å². The second kappa shape index (κ2) is 9.10. The number of nitrogens with zero attached hydrogens (tertiary/aromatic N) is 4. The molecule has 10 nitrogen and oxygen atoms in total. The first-order valence-corrected chi connectivity index (χ1v) is 8.53. The molecule has 1 aromatic carbocycles. The highest BCUT2D eigenvalue weighted by atomic mass is 16.6. The predicted molar refractivity (Wildman–Crippen MR) is 97.5 cm³/mol. The highest BCUT2D eigenvalue weighted by molar-refractivity contribution is 5.62. The molecule has 0 unspecified atom stereocenters. The van der Waals surface area contributed by atoms with Gasteiger partial charge in [-0.25, -0.2) is 4.98 Å². The number of aromatic nitrogens is 2. The van der Waals surface area contributed by atoms with Crippen molar-refractivity contribution in [3.8, 4) is 17.4 Å². The van der Waals surface area contributed by atoms with Crippen LogP contribution in [0.25, 0.3) is 0 Å². The van der Waals surface area contributed by atoms with E-state index in [2.05, 4.69) is 20.2 Å². The van der Waals surface area contributed by atoms with Crippen molar-refractivity contribution in [3.05, 3.63) is 40.7 Å². The highest BCUT2D eigenvalue weighted by Crippen LogP contribution is 2.37. The summed E-state index contributed by atoms with van der Waals surface area (Å²) in [4.78, 5) is 21.2. The fourth-order valence-corrected chi connectivity index (χ4v) is 2.70. The monoisotopic (exact) mass is 375 g/mol. The Morgan fingerprint density at radius 1 is 1.26 bits per heavy atom. The molecule has 1 aliphatic rings. The largest absolute Gasteiger partial charge is 0.493 e. The van der Waals surface area contributed by atoms with Gasteiger partial charge in [-0.2, -0.15) is 4.98 Å². The highest BCUT2D eigenvalue weighted by Gasteiger charge is 2.25. The summed E-state index contributed by atoms with van der Waals surface area (Å²) < 4.78 is 16.2. The molecule has 1 aliphatic heterocycles. The molecule has 144 valence electrons. The van der Waals surface area contributed by atoms with Crippen molar-refractivity contribution in [1.82, 2.24) is 14.9 Å². The van der Waals surface area contributed by atoms with Crippen LogP contribution in [0.5, 0.6) is 17.4 Å². The molecule has 1 aromatic heterocycles. The van der Waals surface area contributed by atoms with Crippen molar-refractivity contribution in [2.24, 2.45) is 0 Å². The average Bonchev–Trinajstić information content (AvgIpc) is 2.69. The molecule has 0 spiro atoms. The van der Waals surface area contributed by atoms with Crippen molar-refractivity contribution in [3.63, 3.8) is 0 Å². The molecular formula is C17H21N5O5. The van der Waals surface area contributed by atoms with E-state index in [1.165, 1.54) is 13.4 Å². The third-order valence-corrected chi connectivity index (χ3v) is 4.07. The van der Waals surface area contributed by atoms with Crippen LogP contribution in [0.15, 0.2) is 30.6 Å². The van der Waals surface area contributed by atoms with Crippen molar-refractivity contribution in [2.45, 2.75) is 0 Å². The summed E-state index contributed by atoms with van der Waals surface area (Å²) >= 11 is 0. The molecule has 0 saturated carbocycles. The Labute approximate surface area is 156 Å². The first kappa shape index (κ1) is 18.8. The number of nitrogens with one attached hydrogen (secondary N) is 1. The van der Waals surface area contributed by atoms with Crippen molar-refractivity contribution >= 4 is 11.5 Å². The Bertz CT molecular complexity index is 782. The number of hydrogen-bond donors (Lipinski definition) is 1. The maximum atomic E-state index is 11.6. The van der Waals surface area contributed by atoms with E-state index in [1.807, 2.05) is 0 Å². The minimum absolute atomic E-state index is 0.119. The van der Waals surface area contributed by atoms with Gasteiger partial charge in [0.1, 0.15) is 6.33 Å². The molecule has 0 atom stereocenters. The van der Waals surface area contributed by atoms with Gasteiger partial charge in [0, 0.05) is 26.2 Å². The summed E-state index contributed by atoms with van der Waals surface area (Å²) in [6, 6.07) is 6.87. The molecule has 0 radical (unpaired) electrons. The van der Waals surface area contributed by atoms with Crippen LogP contribution in [-0.2, 0) is 4.74 Å². The van der Waals surface area contributed by atoms with Gasteiger partial charge in [-0.1, -0.05) is 12.1 Å². The van der Waals surface area contributed by atoms with Crippen molar-refractivity contribution < 1.29 is 19.1 Å². The number of anilines is 1. The lowest BCUT2D eigenvalue weighted by Crippen LogP contribution is -2.39. The second-order valence-electron chi connectivity index (χ2n) is 5.77. The van der Waals surface area contributed by atoms with E-state index in [1.54, 1.807) is 24.3 Å². The van der Waals surface area contributed by atoms with Gasteiger partial charge in [-0.05, 0) is 12.1 Å². The molecule has 3 rings (SSSR count). The Morgan fingerprint density at radius 2 is 2.00 bits per heavy atom. The van der Waals surface area contributed by atoms with Crippen LogP contribution in [-0.4, -0.2) is 66.3 Å². The van der Waals surface area contributed by atoms with Crippen LogP contribution in [0.1, 0.15) is 0 Å². The number of benzene rings is 1. The Morgan fingerprint density at radius 3 is 2.70 bits per heavy atom. The molecular weight excluding hydrogens is 354 g/mol. The van der Waals surface area contributed by atoms with Crippen molar-refractivity contribution in [1.29, 1.82) is 0 Å². The molecule has 0 bridgehead atoms. The van der Waals surface area contributed by atoms with Gasteiger partial charge in [0.2, 0.25) is 5.82 Å². The van der Waals surface area contributed by atoms with Crippen LogP contribution in [0, 0.1) is 10.1 Å². The predicted octanol–water partition coefficient (Wildman–Crippen LogP) is 1.93. The van der Waals surface area contributed by atoms with Crippen LogP contribution in [0.4, 0.5) is 11.5 Å². The smallest absolute Gasteiger partial charge is 0.373 e. The fourth-order valence-electron chi connectivity index (χ4n) is 2.70. The molecule has 1 fully saturated rings. The van der Waals surface area contributed by atoms with Gasteiger partial charge in [0.15, 0.2) is 11.5 Å². The van der Waals surface area contributed by atoms with E-state index in [4.69, 9.17) is 14.2 Å². The lowest BCUT2D eigenvalue weighted by atomic mass is 10.3. The molecule has 10 heteroatoms. The number of methoxy groups -OCH3 is 1. The topological polar surface area (TPSA) is 112 Å². The standard InChI is InChI=1S/C17H21N5O5/c1-25-13-4-2-3-5-14(13)27-17-15(22(23)24)16(19-12-20-17)18-6-7-21-8-10-26-11-9-21/h2-5,12H,6-11H2,1H3,(H,18,19,20). The number of ether oxygens (including phenoxy) is 3. The number of rotatable bonds is 8. The lowest BCUT2D eigenvalue weighted by Gasteiger charge is -2.26. The van der Waals surface area contributed by atoms with Crippen LogP contribution < -0.4 is 14.8 Å². The van der Waals surface area contributed by atoms with Crippen LogP contribution in [0.3, 0.4) is 0 Å². The fraction of sp³-hybridized carbons (Fsp3) is 0.412. The minimum Gasteiger partial charge on any atom is -0.493 e. The average molecular weight is 375 g/mol. The number of hydrogen-bond acceptors (Lipinski definition) is 9. The summed E-state index contributed by atoms with van der Waals surface area (Å²) in [6.07, 6.45) is 1.23. The minimum atomic E-state index is -0.554. The summed E-state index contributed by atoms with van der Waals surface area (Å²) in [7, 11) is 1.50. The maximum absolute atomic E-state index is 11.6. The van der Waals surface area contributed by atoms with Crippen LogP contribution in [0.2, 0.25) is 0 Å². The zero-order chi connectivity index (χ0) is 19.1. The quantitative estimate of drug-likeness (QED) is 0.546. The third-order valence-electron chi connectivity index (χ3n) is 4.07. The molecule has 0 amide bonds.